The predicted octanol–water partition coefficient (Wildman–Crippen LogP) is 2.87. The second-order valence-corrected chi connectivity index (χ2v) is 5.92. The molecule has 1 N–H and O–H groups in total. The number of benzene rings is 1. The molecule has 4 heteroatoms. The van der Waals surface area contributed by atoms with Gasteiger partial charge in [0.25, 0.3) is 0 Å². The lowest BCUT2D eigenvalue weighted by molar-refractivity contribution is -0.143. The zero-order valence-electron chi connectivity index (χ0n) is 13.7. The van der Waals surface area contributed by atoms with Crippen molar-refractivity contribution in [2.24, 2.45) is 5.92 Å². The average molecular weight is 305 g/mol. The van der Waals surface area contributed by atoms with E-state index in [0.717, 1.165) is 31.9 Å². The largest absolute Gasteiger partial charge is 0.493 e. The quantitative estimate of drug-likeness (QED) is 0.787. The van der Waals surface area contributed by atoms with E-state index in [1.54, 1.807) is 0 Å². The van der Waals surface area contributed by atoms with Gasteiger partial charge in [0.05, 0.1) is 13.2 Å². The van der Waals surface area contributed by atoms with Crippen molar-refractivity contribution in [3.63, 3.8) is 0 Å². The third-order valence-electron chi connectivity index (χ3n) is 4.10. The molecule has 0 amide bonds. The Labute approximate surface area is 133 Å². The lowest BCUT2D eigenvalue weighted by Gasteiger charge is -2.23. The maximum absolute atomic E-state index is 11.4. The number of rotatable bonds is 7. The molecule has 0 aliphatic carbocycles. The standard InChI is InChI=1S/C18H27NO3/c1-3-21-18(20)9-7-16-6-8-17(11-14(16)2)22-13-15-5-4-10-19-12-15/h6,8,11,15,19H,3-5,7,9-10,12-13H2,1-2H3. The third-order valence-corrected chi connectivity index (χ3v) is 4.10. The Morgan fingerprint density at radius 1 is 1.41 bits per heavy atom. The van der Waals surface area contributed by atoms with E-state index >= 15 is 0 Å². The van der Waals surface area contributed by atoms with Crippen molar-refractivity contribution in [2.45, 2.75) is 39.5 Å². The summed E-state index contributed by atoms with van der Waals surface area (Å²) < 4.78 is 10.9. The molecule has 1 atom stereocenters. The van der Waals surface area contributed by atoms with Crippen LogP contribution in [-0.2, 0) is 16.0 Å². The number of ether oxygens (including phenoxy) is 2. The smallest absolute Gasteiger partial charge is 0.306 e. The minimum absolute atomic E-state index is 0.132. The number of carbonyl (C=O) groups excluding carboxylic acids is 1. The molecule has 1 aliphatic rings. The van der Waals surface area contributed by atoms with Gasteiger partial charge in [0, 0.05) is 18.9 Å². The molecule has 0 aromatic heterocycles. The lowest BCUT2D eigenvalue weighted by Crippen LogP contribution is -2.33. The van der Waals surface area contributed by atoms with Crippen LogP contribution in [0.3, 0.4) is 0 Å². The molecule has 0 radical (unpaired) electrons. The van der Waals surface area contributed by atoms with Crippen molar-refractivity contribution in [2.75, 3.05) is 26.3 Å². The first-order chi connectivity index (χ1) is 10.7. The van der Waals surface area contributed by atoms with E-state index in [-0.39, 0.29) is 5.97 Å². The fraction of sp³-hybridized carbons (Fsp3) is 0.611. The number of aryl methyl sites for hydroxylation is 2. The summed E-state index contributed by atoms with van der Waals surface area (Å²) in [5.74, 6) is 1.40. The number of hydrogen-bond donors (Lipinski definition) is 1. The van der Waals surface area contributed by atoms with Crippen molar-refractivity contribution in [3.8, 4) is 5.75 Å². The molecule has 4 nitrogen and oxygen atoms in total. The molecule has 122 valence electrons. The SMILES string of the molecule is CCOC(=O)CCc1ccc(OCC2CCCNC2)cc1C. The van der Waals surface area contributed by atoms with Gasteiger partial charge in [-0.05, 0) is 62.9 Å². The summed E-state index contributed by atoms with van der Waals surface area (Å²) in [7, 11) is 0. The Morgan fingerprint density at radius 2 is 2.27 bits per heavy atom. The fourth-order valence-electron chi connectivity index (χ4n) is 2.79. The van der Waals surface area contributed by atoms with Gasteiger partial charge >= 0.3 is 5.97 Å². The minimum Gasteiger partial charge on any atom is -0.493 e. The van der Waals surface area contributed by atoms with Gasteiger partial charge in [0.15, 0.2) is 0 Å². The van der Waals surface area contributed by atoms with E-state index in [9.17, 15) is 4.79 Å². The Balaban J connectivity index is 1.82. The molecule has 0 spiro atoms. The van der Waals surface area contributed by atoms with E-state index in [1.165, 1.54) is 24.0 Å². The minimum atomic E-state index is -0.132. The summed E-state index contributed by atoms with van der Waals surface area (Å²) in [5, 5.41) is 3.41. The van der Waals surface area contributed by atoms with Crippen LogP contribution in [0.1, 0.15) is 37.3 Å². The Kier molecular flexibility index (Phi) is 6.72. The van der Waals surface area contributed by atoms with E-state index in [0.29, 0.717) is 18.9 Å². The molecule has 1 heterocycles. The van der Waals surface area contributed by atoms with Gasteiger partial charge in [-0.25, -0.2) is 0 Å². The van der Waals surface area contributed by atoms with Gasteiger partial charge in [-0.3, -0.25) is 4.79 Å². The Hall–Kier alpha value is -1.55. The molecule has 1 aromatic carbocycles. The maximum atomic E-state index is 11.4. The number of carbonyl (C=O) groups is 1. The van der Waals surface area contributed by atoms with Gasteiger partial charge in [0.1, 0.15) is 5.75 Å². The van der Waals surface area contributed by atoms with Gasteiger partial charge in [-0.1, -0.05) is 6.07 Å². The molecule has 1 saturated heterocycles. The number of hydrogen-bond acceptors (Lipinski definition) is 4. The van der Waals surface area contributed by atoms with Crippen LogP contribution in [0.4, 0.5) is 0 Å². The van der Waals surface area contributed by atoms with Crippen LogP contribution in [-0.4, -0.2) is 32.3 Å². The molecular formula is C18H27NO3. The van der Waals surface area contributed by atoms with Crippen molar-refractivity contribution in [1.82, 2.24) is 5.32 Å². The van der Waals surface area contributed by atoms with E-state index in [1.807, 2.05) is 13.0 Å². The predicted molar refractivity (Wildman–Crippen MR) is 87.2 cm³/mol. The summed E-state index contributed by atoms with van der Waals surface area (Å²) in [4.78, 5) is 11.4. The second kappa shape index (κ2) is 8.79. The van der Waals surface area contributed by atoms with Crippen LogP contribution in [0.15, 0.2) is 18.2 Å². The molecule has 22 heavy (non-hydrogen) atoms. The van der Waals surface area contributed by atoms with E-state index in [2.05, 4.69) is 24.4 Å². The second-order valence-electron chi connectivity index (χ2n) is 5.92. The topological polar surface area (TPSA) is 47.6 Å². The van der Waals surface area contributed by atoms with Crippen LogP contribution in [0.5, 0.6) is 5.75 Å². The van der Waals surface area contributed by atoms with Gasteiger partial charge < -0.3 is 14.8 Å². The van der Waals surface area contributed by atoms with Gasteiger partial charge in [-0.15, -0.1) is 0 Å². The van der Waals surface area contributed by atoms with Crippen LogP contribution in [0.25, 0.3) is 0 Å². The monoisotopic (exact) mass is 305 g/mol. The van der Waals surface area contributed by atoms with Crippen LogP contribution < -0.4 is 10.1 Å². The molecule has 0 bridgehead atoms. The van der Waals surface area contributed by atoms with Crippen LogP contribution in [0, 0.1) is 12.8 Å². The first-order valence-corrected chi connectivity index (χ1v) is 8.27. The highest BCUT2D eigenvalue weighted by molar-refractivity contribution is 5.69. The first kappa shape index (κ1) is 16.8. The van der Waals surface area contributed by atoms with Crippen LogP contribution in [0.2, 0.25) is 0 Å². The number of piperidine rings is 1. The maximum Gasteiger partial charge on any atom is 0.306 e. The molecule has 1 aromatic rings. The summed E-state index contributed by atoms with van der Waals surface area (Å²) in [6, 6.07) is 6.13. The van der Waals surface area contributed by atoms with Gasteiger partial charge in [0.2, 0.25) is 0 Å². The molecule has 2 rings (SSSR count). The Morgan fingerprint density at radius 3 is 2.95 bits per heavy atom. The number of nitrogens with one attached hydrogen (secondary N) is 1. The molecule has 1 aliphatic heterocycles. The van der Waals surface area contributed by atoms with Crippen molar-refractivity contribution >= 4 is 5.97 Å². The zero-order valence-corrected chi connectivity index (χ0v) is 13.7. The highest BCUT2D eigenvalue weighted by Crippen LogP contribution is 2.20. The highest BCUT2D eigenvalue weighted by Gasteiger charge is 2.13. The fourth-order valence-corrected chi connectivity index (χ4v) is 2.79. The van der Waals surface area contributed by atoms with Crippen molar-refractivity contribution in [1.29, 1.82) is 0 Å². The lowest BCUT2D eigenvalue weighted by atomic mass is 10.0. The first-order valence-electron chi connectivity index (χ1n) is 8.27. The summed E-state index contributed by atoms with van der Waals surface area (Å²) in [5.41, 5.74) is 2.35. The molecule has 1 unspecified atom stereocenters. The van der Waals surface area contributed by atoms with Crippen molar-refractivity contribution in [3.05, 3.63) is 29.3 Å². The zero-order chi connectivity index (χ0) is 15.8. The number of esters is 1. The highest BCUT2D eigenvalue weighted by atomic mass is 16.5. The van der Waals surface area contributed by atoms with Crippen molar-refractivity contribution < 1.29 is 14.3 Å². The van der Waals surface area contributed by atoms with E-state index in [4.69, 9.17) is 9.47 Å². The molecule has 1 fully saturated rings. The average Bonchev–Trinajstić information content (AvgIpc) is 2.53. The van der Waals surface area contributed by atoms with E-state index < -0.39 is 0 Å². The third kappa shape index (κ3) is 5.34. The normalized spacial score (nSPS) is 18.0. The molecule has 0 saturated carbocycles. The molecular weight excluding hydrogens is 278 g/mol. The summed E-state index contributed by atoms with van der Waals surface area (Å²) in [6.07, 6.45) is 3.63. The van der Waals surface area contributed by atoms with Gasteiger partial charge in [-0.2, -0.15) is 0 Å². The van der Waals surface area contributed by atoms with Crippen LogP contribution >= 0.6 is 0 Å². The summed E-state index contributed by atoms with van der Waals surface area (Å²) >= 11 is 0. The Bertz CT molecular complexity index is 481. The summed E-state index contributed by atoms with van der Waals surface area (Å²) in [6.45, 7) is 7.29.